The summed E-state index contributed by atoms with van der Waals surface area (Å²) in [7, 11) is 0. The van der Waals surface area contributed by atoms with E-state index in [1.807, 2.05) is 0 Å². The van der Waals surface area contributed by atoms with Crippen LogP contribution in [0.5, 0.6) is 0 Å². The summed E-state index contributed by atoms with van der Waals surface area (Å²) >= 11 is 5.00. The van der Waals surface area contributed by atoms with Gasteiger partial charge in [-0.25, -0.2) is 0 Å². The minimum atomic E-state index is -4.76. The van der Waals surface area contributed by atoms with E-state index in [4.69, 9.17) is 17.5 Å². The fourth-order valence-corrected chi connectivity index (χ4v) is 2.44. The smallest absolute Gasteiger partial charge is 0.348 e. The summed E-state index contributed by atoms with van der Waals surface area (Å²) < 4.78 is 76.9. The van der Waals surface area contributed by atoms with Crippen molar-refractivity contribution in [1.82, 2.24) is 0 Å². The zero-order valence-corrected chi connectivity index (χ0v) is 13.4. The van der Waals surface area contributed by atoms with Crippen molar-refractivity contribution in [3.8, 4) is 6.07 Å². The monoisotopic (exact) mass is 380 g/mol. The lowest BCUT2D eigenvalue weighted by Gasteiger charge is -2.23. The molecule has 1 aromatic rings. The third-order valence-electron chi connectivity index (χ3n) is 3.58. The van der Waals surface area contributed by atoms with E-state index in [1.54, 1.807) is 0 Å². The topological polar surface area (TPSA) is 60.5 Å². The molecule has 2 atom stereocenters. The Kier molecular flexibility index (Phi) is 4.78. The number of nitrogens with zero attached hydrogens (tertiary/aromatic N) is 3. The molecule has 4 nitrogen and oxygen atoms in total. The lowest BCUT2D eigenvalue weighted by Crippen LogP contribution is -2.39. The van der Waals surface area contributed by atoms with Gasteiger partial charge in [-0.1, -0.05) is 12.2 Å². The van der Waals surface area contributed by atoms with E-state index in [0.717, 1.165) is 6.07 Å². The first kappa shape index (κ1) is 19.1. The molecule has 0 fully saturated rings. The molecular formula is C14H10F6N4S. The third-order valence-corrected chi connectivity index (χ3v) is 4.12. The number of thiocarbonyl (C=S) groups is 1. The number of alkyl halides is 6. The molecule has 0 amide bonds. The summed E-state index contributed by atoms with van der Waals surface area (Å²) in [5, 5.41) is 17.9. The second-order valence-corrected chi connectivity index (χ2v) is 5.98. The average Bonchev–Trinajstić information content (AvgIpc) is 2.90. The van der Waals surface area contributed by atoms with Crippen LogP contribution in [0.4, 0.5) is 32.0 Å². The fraction of sp³-hybridized carbons (Fsp3) is 0.429. The zero-order chi connectivity index (χ0) is 19.0. The van der Waals surface area contributed by atoms with Gasteiger partial charge in [-0.15, -0.1) is 0 Å². The first-order chi connectivity index (χ1) is 11.4. The fourth-order valence-electron chi connectivity index (χ4n) is 2.19. The summed E-state index contributed by atoms with van der Waals surface area (Å²) in [6.45, 7) is 1.31. The van der Waals surface area contributed by atoms with Crippen LogP contribution >= 0.6 is 12.2 Å². The van der Waals surface area contributed by atoms with Gasteiger partial charge < -0.3 is 5.32 Å². The molecule has 25 heavy (non-hydrogen) atoms. The maximum Gasteiger partial charge on any atom is 0.417 e. The van der Waals surface area contributed by atoms with Crippen molar-refractivity contribution in [2.75, 3.05) is 5.32 Å². The summed E-state index contributed by atoms with van der Waals surface area (Å²) in [5.41, 5.74) is -3.34. The van der Waals surface area contributed by atoms with Crippen LogP contribution in [0.15, 0.2) is 28.4 Å². The average molecular weight is 380 g/mol. The zero-order valence-electron chi connectivity index (χ0n) is 12.5. The van der Waals surface area contributed by atoms with E-state index >= 15 is 0 Å². The predicted molar refractivity (Wildman–Crippen MR) is 80.1 cm³/mol. The first-order valence-electron chi connectivity index (χ1n) is 6.78. The van der Waals surface area contributed by atoms with Crippen molar-refractivity contribution in [1.29, 1.82) is 5.26 Å². The Labute approximate surface area is 143 Å². The van der Waals surface area contributed by atoms with Gasteiger partial charge in [0.1, 0.15) is 10.5 Å². The van der Waals surface area contributed by atoms with Crippen LogP contribution in [-0.2, 0) is 6.18 Å². The predicted octanol–water partition coefficient (Wildman–Crippen LogP) is 4.86. The Balaban J connectivity index is 2.22. The summed E-state index contributed by atoms with van der Waals surface area (Å²) in [6.07, 6.45) is -9.87. The van der Waals surface area contributed by atoms with Crippen LogP contribution in [0, 0.1) is 11.3 Å². The second-order valence-electron chi connectivity index (χ2n) is 5.57. The highest BCUT2D eigenvalue weighted by molar-refractivity contribution is 7.80. The molecule has 11 heteroatoms. The molecule has 1 N–H and O–H groups in total. The van der Waals surface area contributed by atoms with Gasteiger partial charge in [-0.05, 0) is 25.1 Å². The highest BCUT2D eigenvalue weighted by Gasteiger charge is 2.50. The Bertz CT molecular complexity index is 764. The van der Waals surface area contributed by atoms with E-state index in [-0.39, 0.29) is 10.7 Å². The van der Waals surface area contributed by atoms with Gasteiger partial charge in [0.15, 0.2) is 6.04 Å². The molecule has 0 radical (unpaired) electrons. The van der Waals surface area contributed by atoms with Crippen molar-refractivity contribution < 1.29 is 26.3 Å². The van der Waals surface area contributed by atoms with Crippen molar-refractivity contribution in [3.63, 3.8) is 0 Å². The van der Waals surface area contributed by atoms with Crippen molar-refractivity contribution >= 4 is 22.9 Å². The minimum Gasteiger partial charge on any atom is -0.348 e. The Morgan fingerprint density at radius 2 is 1.96 bits per heavy atom. The number of nitriles is 1. The number of halogens is 6. The molecule has 2 unspecified atom stereocenters. The molecule has 0 saturated heterocycles. The Morgan fingerprint density at radius 3 is 2.44 bits per heavy atom. The third kappa shape index (κ3) is 4.07. The first-order valence-corrected chi connectivity index (χ1v) is 7.19. The number of benzene rings is 1. The molecule has 1 aromatic carbocycles. The normalized spacial score (nSPS) is 23.4. The number of hydrogen-bond donors (Lipinski definition) is 1. The van der Waals surface area contributed by atoms with Gasteiger partial charge in [0.25, 0.3) is 0 Å². The standard InChI is InChI=1S/C14H10F6N4S/c1-12(5-10(23-24-12)14(18,19)20)11(25)22-8-3-2-7(6-21)9(4-8)13(15,16)17/h2-4,10H,5H2,1H3,(H,22,25). The molecule has 0 saturated carbocycles. The summed E-state index contributed by atoms with van der Waals surface area (Å²) in [4.78, 5) is -0.194. The number of azo groups is 1. The minimum absolute atomic E-state index is 0.108. The number of hydrogen-bond acceptors (Lipinski definition) is 4. The quantitative estimate of drug-likeness (QED) is 0.589. The highest BCUT2D eigenvalue weighted by atomic mass is 32.1. The van der Waals surface area contributed by atoms with Crippen LogP contribution in [-0.4, -0.2) is 22.7 Å². The van der Waals surface area contributed by atoms with Crippen LogP contribution in [0.1, 0.15) is 24.5 Å². The number of rotatable bonds is 2. The molecule has 0 aromatic heterocycles. The molecular weight excluding hydrogens is 370 g/mol. The van der Waals surface area contributed by atoms with Gasteiger partial charge in [0, 0.05) is 12.1 Å². The van der Waals surface area contributed by atoms with Gasteiger partial charge in [0.05, 0.1) is 17.2 Å². The number of nitrogens with one attached hydrogen (secondary N) is 1. The molecule has 1 heterocycles. The lowest BCUT2D eigenvalue weighted by molar-refractivity contribution is -0.147. The van der Waals surface area contributed by atoms with Crippen molar-refractivity contribution in [2.24, 2.45) is 10.2 Å². The van der Waals surface area contributed by atoms with Crippen LogP contribution in [0.2, 0.25) is 0 Å². The molecule has 0 aliphatic carbocycles. The Morgan fingerprint density at radius 1 is 1.32 bits per heavy atom. The van der Waals surface area contributed by atoms with Crippen LogP contribution in [0.3, 0.4) is 0 Å². The molecule has 0 bridgehead atoms. The molecule has 2 rings (SSSR count). The SMILES string of the molecule is CC1(C(=S)Nc2ccc(C#N)c(C(F)(F)F)c2)CC(C(F)(F)F)N=N1. The van der Waals surface area contributed by atoms with E-state index < -0.39 is 41.5 Å². The molecule has 134 valence electrons. The largest absolute Gasteiger partial charge is 0.417 e. The van der Waals surface area contributed by atoms with Gasteiger partial charge in [0.2, 0.25) is 0 Å². The molecule has 1 aliphatic rings. The molecule has 1 aliphatic heterocycles. The second kappa shape index (κ2) is 6.25. The van der Waals surface area contributed by atoms with E-state index in [1.165, 1.54) is 19.1 Å². The summed E-state index contributed by atoms with van der Waals surface area (Å²) in [6, 6.07) is 2.21. The lowest BCUT2D eigenvalue weighted by atomic mass is 9.95. The highest BCUT2D eigenvalue weighted by Crippen LogP contribution is 2.38. The van der Waals surface area contributed by atoms with Crippen molar-refractivity contribution in [2.45, 2.75) is 37.3 Å². The number of anilines is 1. The van der Waals surface area contributed by atoms with Crippen LogP contribution < -0.4 is 5.32 Å². The summed E-state index contributed by atoms with van der Waals surface area (Å²) in [5.74, 6) is 0. The van der Waals surface area contributed by atoms with E-state index in [2.05, 4.69) is 15.5 Å². The van der Waals surface area contributed by atoms with E-state index in [0.29, 0.717) is 6.07 Å². The Hall–Kier alpha value is -2.22. The molecule has 0 spiro atoms. The van der Waals surface area contributed by atoms with Crippen molar-refractivity contribution in [3.05, 3.63) is 29.3 Å². The maximum absolute atomic E-state index is 12.9. The maximum atomic E-state index is 12.9. The van der Waals surface area contributed by atoms with E-state index in [9.17, 15) is 26.3 Å². The van der Waals surface area contributed by atoms with Gasteiger partial charge in [-0.2, -0.15) is 41.8 Å². The van der Waals surface area contributed by atoms with Gasteiger partial charge in [-0.3, -0.25) is 0 Å². The van der Waals surface area contributed by atoms with Crippen LogP contribution in [0.25, 0.3) is 0 Å². The van der Waals surface area contributed by atoms with Gasteiger partial charge >= 0.3 is 12.4 Å².